The first kappa shape index (κ1) is 14.3. The van der Waals surface area contributed by atoms with Gasteiger partial charge < -0.3 is 0 Å². The zero-order valence-electron chi connectivity index (χ0n) is 11.5. The Hall–Kier alpha value is -1.11. The van der Waals surface area contributed by atoms with Gasteiger partial charge in [-0.15, -0.1) is 0 Å². The molecule has 0 amide bonds. The van der Waals surface area contributed by atoms with Crippen molar-refractivity contribution in [2.24, 2.45) is 5.92 Å². The number of benzene rings is 1. The van der Waals surface area contributed by atoms with E-state index in [1.807, 2.05) is 0 Å². The van der Waals surface area contributed by atoms with Crippen molar-refractivity contribution in [3.05, 3.63) is 34.6 Å². The van der Waals surface area contributed by atoms with E-state index in [1.165, 1.54) is 6.07 Å². The van der Waals surface area contributed by atoms with E-state index in [4.69, 9.17) is 11.6 Å². The molecule has 0 bridgehead atoms. The van der Waals surface area contributed by atoms with Gasteiger partial charge in [0, 0.05) is 24.5 Å². The number of halogens is 2. The molecule has 19 heavy (non-hydrogen) atoms. The zero-order chi connectivity index (χ0) is 14.2. The van der Waals surface area contributed by atoms with Crippen molar-refractivity contribution in [3.63, 3.8) is 0 Å². The third-order valence-electron chi connectivity index (χ3n) is 3.82. The predicted molar refractivity (Wildman–Crippen MR) is 74.6 cm³/mol. The number of rotatable bonds is 1. The van der Waals surface area contributed by atoms with Crippen molar-refractivity contribution < 1.29 is 4.39 Å². The van der Waals surface area contributed by atoms with Gasteiger partial charge in [0.1, 0.15) is 5.82 Å². The molecule has 1 aromatic rings. The third-order valence-corrected chi connectivity index (χ3v) is 4.11. The molecule has 0 unspecified atom stereocenters. The molecule has 2 atom stereocenters. The molecule has 0 N–H and O–H groups in total. The lowest BCUT2D eigenvalue weighted by molar-refractivity contribution is 0.170. The molecular formula is C15H18ClFN2. The molecule has 0 spiro atoms. The molecule has 4 heteroatoms. The monoisotopic (exact) mass is 280 g/mol. The van der Waals surface area contributed by atoms with Crippen LogP contribution < -0.4 is 0 Å². The highest BCUT2D eigenvalue weighted by molar-refractivity contribution is 6.30. The van der Waals surface area contributed by atoms with Gasteiger partial charge in [0.05, 0.1) is 17.0 Å². The third kappa shape index (κ3) is 2.75. The summed E-state index contributed by atoms with van der Waals surface area (Å²) in [5.74, 6) is -0.680. The summed E-state index contributed by atoms with van der Waals surface area (Å²) in [6.07, 6.45) is 0. The molecule has 1 aliphatic heterocycles. The first-order valence-corrected chi connectivity index (χ1v) is 6.81. The minimum absolute atomic E-state index is 0.0150. The van der Waals surface area contributed by atoms with Crippen LogP contribution in [0.5, 0.6) is 0 Å². The van der Waals surface area contributed by atoms with Crippen LogP contribution in [0.15, 0.2) is 18.2 Å². The normalized spacial score (nSPS) is 24.4. The number of nitrogens with zero attached hydrogens (tertiary/aromatic N) is 2. The fourth-order valence-electron chi connectivity index (χ4n) is 2.60. The molecule has 1 saturated heterocycles. The van der Waals surface area contributed by atoms with Gasteiger partial charge >= 0.3 is 0 Å². The van der Waals surface area contributed by atoms with Crippen LogP contribution in [-0.4, -0.2) is 23.5 Å². The summed E-state index contributed by atoms with van der Waals surface area (Å²) in [6.45, 7) is 7.70. The lowest BCUT2D eigenvalue weighted by atomic mass is 9.89. The summed E-state index contributed by atoms with van der Waals surface area (Å²) in [5, 5.41) is 9.44. The van der Waals surface area contributed by atoms with E-state index < -0.39 is 0 Å². The van der Waals surface area contributed by atoms with Crippen LogP contribution in [0.4, 0.5) is 4.39 Å². The number of likely N-dealkylation sites (tertiary alicyclic amines) is 1. The Morgan fingerprint density at radius 1 is 1.37 bits per heavy atom. The molecule has 0 aliphatic carbocycles. The standard InChI is InChI=1S/C15H18ClFN2/c1-15(2,3)19-8-10(7-18)12(9-19)11-5-4-6-13(16)14(11)17/h4-6,10,12H,8-9H2,1-3H3/t10-,12-/m0/s1. The van der Waals surface area contributed by atoms with Crippen LogP contribution in [0.1, 0.15) is 32.3 Å². The van der Waals surface area contributed by atoms with Gasteiger partial charge in [0.25, 0.3) is 0 Å². The SMILES string of the molecule is CC(C)(C)N1C[C@H](c2cccc(Cl)c2F)[C@@H](C#N)C1. The van der Waals surface area contributed by atoms with Crippen LogP contribution in [-0.2, 0) is 0 Å². The first-order chi connectivity index (χ1) is 8.84. The predicted octanol–water partition coefficient (Wildman–Crippen LogP) is 3.82. The summed E-state index contributed by atoms with van der Waals surface area (Å²) in [4.78, 5) is 2.23. The smallest absolute Gasteiger partial charge is 0.145 e. The molecule has 1 aromatic carbocycles. The maximum atomic E-state index is 14.1. The maximum absolute atomic E-state index is 14.1. The molecule has 1 fully saturated rings. The molecule has 0 aromatic heterocycles. The van der Waals surface area contributed by atoms with Crippen molar-refractivity contribution in [2.45, 2.75) is 32.2 Å². The average molecular weight is 281 g/mol. The largest absolute Gasteiger partial charge is 0.297 e. The molecular weight excluding hydrogens is 263 g/mol. The Morgan fingerprint density at radius 3 is 2.63 bits per heavy atom. The van der Waals surface area contributed by atoms with Gasteiger partial charge in [0.15, 0.2) is 0 Å². The van der Waals surface area contributed by atoms with E-state index in [0.29, 0.717) is 18.7 Å². The quantitative estimate of drug-likeness (QED) is 0.782. The molecule has 1 heterocycles. The minimum atomic E-state index is -0.384. The highest BCUT2D eigenvalue weighted by Gasteiger charge is 2.39. The van der Waals surface area contributed by atoms with Crippen molar-refractivity contribution in [1.82, 2.24) is 4.90 Å². The molecule has 0 saturated carbocycles. The summed E-state index contributed by atoms with van der Waals surface area (Å²) < 4.78 is 14.1. The van der Waals surface area contributed by atoms with Crippen LogP contribution in [0.2, 0.25) is 5.02 Å². The van der Waals surface area contributed by atoms with E-state index in [0.717, 1.165) is 0 Å². The first-order valence-electron chi connectivity index (χ1n) is 6.43. The average Bonchev–Trinajstić information content (AvgIpc) is 2.76. The number of nitriles is 1. The highest BCUT2D eigenvalue weighted by Crippen LogP contribution is 2.38. The van der Waals surface area contributed by atoms with E-state index in [2.05, 4.69) is 31.7 Å². The van der Waals surface area contributed by atoms with Gasteiger partial charge in [-0.05, 0) is 32.4 Å². The summed E-state index contributed by atoms with van der Waals surface area (Å²) in [6, 6.07) is 7.33. The lowest BCUT2D eigenvalue weighted by Gasteiger charge is -2.31. The summed E-state index contributed by atoms with van der Waals surface area (Å²) in [7, 11) is 0. The fourth-order valence-corrected chi connectivity index (χ4v) is 2.79. The van der Waals surface area contributed by atoms with E-state index in [9.17, 15) is 9.65 Å². The topological polar surface area (TPSA) is 27.0 Å². The van der Waals surface area contributed by atoms with Crippen molar-refractivity contribution in [2.75, 3.05) is 13.1 Å². The molecule has 0 radical (unpaired) electrons. The van der Waals surface area contributed by atoms with Crippen LogP contribution in [0.3, 0.4) is 0 Å². The molecule has 2 rings (SSSR count). The summed E-state index contributed by atoms with van der Waals surface area (Å²) in [5.41, 5.74) is 0.546. The van der Waals surface area contributed by atoms with E-state index in [-0.39, 0.29) is 28.2 Å². The molecule has 2 nitrogen and oxygen atoms in total. The fraction of sp³-hybridized carbons (Fsp3) is 0.533. The highest BCUT2D eigenvalue weighted by atomic mass is 35.5. The second-order valence-corrected chi connectivity index (χ2v) is 6.47. The van der Waals surface area contributed by atoms with Gasteiger partial charge in [0.2, 0.25) is 0 Å². The second kappa shape index (κ2) is 5.11. The Morgan fingerprint density at radius 2 is 2.05 bits per heavy atom. The Bertz CT molecular complexity index is 516. The Kier molecular flexibility index (Phi) is 3.85. The second-order valence-electron chi connectivity index (χ2n) is 6.06. The van der Waals surface area contributed by atoms with Gasteiger partial charge in [-0.2, -0.15) is 5.26 Å². The van der Waals surface area contributed by atoms with Gasteiger partial charge in [-0.3, -0.25) is 4.90 Å². The Labute approximate surface area is 118 Å². The zero-order valence-corrected chi connectivity index (χ0v) is 12.2. The minimum Gasteiger partial charge on any atom is -0.297 e. The van der Waals surface area contributed by atoms with Crippen LogP contribution in [0, 0.1) is 23.1 Å². The van der Waals surface area contributed by atoms with Gasteiger partial charge in [-0.25, -0.2) is 4.39 Å². The lowest BCUT2D eigenvalue weighted by Crippen LogP contribution is -2.39. The van der Waals surface area contributed by atoms with Crippen LogP contribution in [0.25, 0.3) is 0 Å². The van der Waals surface area contributed by atoms with E-state index >= 15 is 0 Å². The molecule has 102 valence electrons. The number of hydrogen-bond acceptors (Lipinski definition) is 2. The summed E-state index contributed by atoms with van der Waals surface area (Å²) >= 11 is 5.84. The maximum Gasteiger partial charge on any atom is 0.145 e. The molecule has 1 aliphatic rings. The Balaban J connectivity index is 2.34. The van der Waals surface area contributed by atoms with Crippen molar-refractivity contribution in [1.29, 1.82) is 5.26 Å². The number of hydrogen-bond donors (Lipinski definition) is 0. The van der Waals surface area contributed by atoms with Crippen molar-refractivity contribution in [3.8, 4) is 6.07 Å². The van der Waals surface area contributed by atoms with Gasteiger partial charge in [-0.1, -0.05) is 23.7 Å². The van der Waals surface area contributed by atoms with Crippen molar-refractivity contribution >= 4 is 11.6 Å². The van der Waals surface area contributed by atoms with Crippen LogP contribution >= 0.6 is 11.6 Å². The van der Waals surface area contributed by atoms with E-state index in [1.54, 1.807) is 12.1 Å².